The molecular weight excluding hydrogens is 1100 g/mol. The van der Waals surface area contributed by atoms with E-state index < -0.39 is 49.5 Å². The molecule has 89 heavy (non-hydrogen) atoms. The van der Waals surface area contributed by atoms with Gasteiger partial charge in [0, 0.05) is 6.42 Å². The van der Waals surface area contributed by atoms with Gasteiger partial charge in [0.15, 0.2) is 6.29 Å². The number of carbonyl (C=O) groups is 1. The first kappa shape index (κ1) is 83.9. The highest BCUT2D eigenvalue weighted by molar-refractivity contribution is 5.76. The lowest BCUT2D eigenvalue weighted by atomic mass is 9.99. The summed E-state index contributed by atoms with van der Waals surface area (Å²) in [7, 11) is 0. The third kappa shape index (κ3) is 56.1. The summed E-state index contributed by atoms with van der Waals surface area (Å²) in [5.41, 5.74) is 0. The molecular formula is C80H141NO8. The van der Waals surface area contributed by atoms with Gasteiger partial charge in [0.05, 0.1) is 25.4 Å². The highest BCUT2D eigenvalue weighted by atomic mass is 16.7. The van der Waals surface area contributed by atoms with Crippen LogP contribution in [0.5, 0.6) is 0 Å². The Labute approximate surface area is 548 Å². The van der Waals surface area contributed by atoms with Crippen LogP contribution in [0.2, 0.25) is 0 Å². The van der Waals surface area contributed by atoms with Crippen molar-refractivity contribution in [2.24, 2.45) is 0 Å². The van der Waals surface area contributed by atoms with Gasteiger partial charge < -0.3 is 40.3 Å². The predicted molar refractivity (Wildman–Crippen MR) is 382 cm³/mol. The zero-order chi connectivity index (χ0) is 64.2. The van der Waals surface area contributed by atoms with Crippen LogP contribution in [0.4, 0.5) is 0 Å². The largest absolute Gasteiger partial charge is 0.394 e. The van der Waals surface area contributed by atoms with E-state index in [1.54, 1.807) is 0 Å². The minimum atomic E-state index is -1.56. The Balaban J connectivity index is 2.12. The van der Waals surface area contributed by atoms with E-state index in [-0.39, 0.29) is 12.5 Å². The number of carbonyl (C=O) groups excluding carboxylic acids is 1. The van der Waals surface area contributed by atoms with Gasteiger partial charge >= 0.3 is 0 Å². The molecule has 0 aliphatic carbocycles. The molecule has 1 fully saturated rings. The van der Waals surface area contributed by atoms with Gasteiger partial charge in [-0.05, 0) is 83.5 Å². The Bertz CT molecular complexity index is 1780. The Hall–Kier alpha value is -3.15. The second kappa shape index (κ2) is 67.7. The van der Waals surface area contributed by atoms with Gasteiger partial charge in [0.2, 0.25) is 5.91 Å². The monoisotopic (exact) mass is 1240 g/mol. The van der Waals surface area contributed by atoms with Gasteiger partial charge in [0.1, 0.15) is 24.4 Å². The van der Waals surface area contributed by atoms with Gasteiger partial charge in [0.25, 0.3) is 0 Å². The number of rotatable bonds is 65. The minimum absolute atomic E-state index is 0.144. The van der Waals surface area contributed by atoms with Gasteiger partial charge in [-0.25, -0.2) is 0 Å². The predicted octanol–water partition coefficient (Wildman–Crippen LogP) is 21.2. The maximum atomic E-state index is 13.2. The third-order valence-corrected chi connectivity index (χ3v) is 17.4. The van der Waals surface area contributed by atoms with E-state index in [4.69, 9.17) is 9.47 Å². The van der Waals surface area contributed by atoms with E-state index in [1.165, 1.54) is 205 Å². The molecule has 0 aromatic heterocycles. The Morgan fingerprint density at radius 2 is 0.697 bits per heavy atom. The summed E-state index contributed by atoms with van der Waals surface area (Å²) >= 11 is 0. The van der Waals surface area contributed by atoms with Gasteiger partial charge in [-0.1, -0.05) is 354 Å². The number of amides is 1. The van der Waals surface area contributed by atoms with Crippen LogP contribution in [0.1, 0.15) is 335 Å². The number of hydrogen-bond acceptors (Lipinski definition) is 8. The Morgan fingerprint density at radius 3 is 1.03 bits per heavy atom. The summed E-state index contributed by atoms with van der Waals surface area (Å²) in [5.74, 6) is -0.150. The summed E-state index contributed by atoms with van der Waals surface area (Å²) < 4.78 is 11.4. The summed E-state index contributed by atoms with van der Waals surface area (Å²) in [6.07, 6.45) is 93.0. The zero-order valence-electron chi connectivity index (χ0n) is 57.7. The van der Waals surface area contributed by atoms with E-state index in [0.29, 0.717) is 12.8 Å². The number of allylic oxidation sites excluding steroid dienone is 18. The molecule has 1 amide bonds. The molecule has 7 unspecified atom stereocenters. The fraction of sp³-hybridized carbons (Fsp3) is 0.762. The van der Waals surface area contributed by atoms with Crippen molar-refractivity contribution >= 4 is 5.91 Å². The van der Waals surface area contributed by atoms with Crippen LogP contribution in [0.25, 0.3) is 0 Å². The molecule has 9 nitrogen and oxygen atoms in total. The molecule has 1 aliphatic heterocycles. The Kier molecular flexibility index (Phi) is 63.8. The zero-order valence-corrected chi connectivity index (χ0v) is 57.7. The quantitative estimate of drug-likeness (QED) is 0.0261. The second-order valence-electron chi connectivity index (χ2n) is 25.7. The van der Waals surface area contributed by atoms with Crippen molar-refractivity contribution < 1.29 is 39.8 Å². The van der Waals surface area contributed by atoms with Crippen molar-refractivity contribution in [3.05, 3.63) is 109 Å². The Morgan fingerprint density at radius 1 is 0.393 bits per heavy atom. The normalized spacial score (nSPS) is 18.5. The summed E-state index contributed by atoms with van der Waals surface area (Å²) in [6.45, 7) is 3.76. The van der Waals surface area contributed by atoms with Gasteiger partial charge in [-0.3, -0.25) is 4.79 Å². The van der Waals surface area contributed by atoms with Crippen LogP contribution in [-0.4, -0.2) is 87.5 Å². The molecule has 7 atom stereocenters. The van der Waals surface area contributed by atoms with E-state index >= 15 is 0 Å². The number of aliphatic hydroxyl groups is 5. The molecule has 0 aromatic carbocycles. The first-order valence-electron chi connectivity index (χ1n) is 37.6. The molecule has 6 N–H and O–H groups in total. The van der Waals surface area contributed by atoms with Crippen LogP contribution in [-0.2, 0) is 14.3 Å². The summed E-state index contributed by atoms with van der Waals surface area (Å²) in [6, 6.07) is -0.732. The van der Waals surface area contributed by atoms with E-state index in [0.717, 1.165) is 103 Å². The smallest absolute Gasteiger partial charge is 0.220 e. The van der Waals surface area contributed by atoms with Crippen LogP contribution in [0.15, 0.2) is 109 Å². The third-order valence-electron chi connectivity index (χ3n) is 17.4. The summed E-state index contributed by atoms with van der Waals surface area (Å²) in [5, 5.41) is 55.0. The molecule has 0 bridgehead atoms. The minimum Gasteiger partial charge on any atom is -0.394 e. The first-order valence-corrected chi connectivity index (χ1v) is 37.6. The van der Waals surface area contributed by atoms with Gasteiger partial charge in [-0.2, -0.15) is 0 Å². The average Bonchev–Trinajstić information content (AvgIpc) is 2.28. The van der Waals surface area contributed by atoms with Crippen LogP contribution in [0, 0.1) is 0 Å². The van der Waals surface area contributed by atoms with E-state index in [2.05, 4.69) is 129 Å². The van der Waals surface area contributed by atoms with Crippen LogP contribution >= 0.6 is 0 Å². The van der Waals surface area contributed by atoms with Crippen molar-refractivity contribution in [3.8, 4) is 0 Å². The molecule has 0 saturated carbocycles. The SMILES string of the molecule is CC/C=C\C/C=C\C/C=C\C/C=C\C/C=C\C/C=C\C/C=C\C/C=C\C/C=C\CCCCCCCCCCCC(=O)NC(COC1OC(CO)C(O)C(O)C1O)C(O)CCCCCCCCCCCCCCCCCCCCCCCCCCCCCCC. The van der Waals surface area contributed by atoms with Crippen molar-refractivity contribution in [1.82, 2.24) is 5.32 Å². The fourth-order valence-corrected chi connectivity index (χ4v) is 11.6. The number of aliphatic hydroxyl groups excluding tert-OH is 5. The topological polar surface area (TPSA) is 149 Å². The van der Waals surface area contributed by atoms with Crippen LogP contribution in [0.3, 0.4) is 0 Å². The lowest BCUT2D eigenvalue weighted by molar-refractivity contribution is -0.302. The second-order valence-corrected chi connectivity index (χ2v) is 25.7. The van der Waals surface area contributed by atoms with Crippen molar-refractivity contribution in [1.29, 1.82) is 0 Å². The highest BCUT2D eigenvalue weighted by Crippen LogP contribution is 2.24. The van der Waals surface area contributed by atoms with Crippen molar-refractivity contribution in [2.45, 2.75) is 378 Å². The maximum Gasteiger partial charge on any atom is 0.220 e. The van der Waals surface area contributed by atoms with E-state index in [1.807, 2.05) is 0 Å². The average molecular weight is 1250 g/mol. The van der Waals surface area contributed by atoms with Crippen molar-refractivity contribution in [3.63, 3.8) is 0 Å². The number of nitrogens with one attached hydrogen (secondary N) is 1. The molecule has 0 aromatic rings. The molecule has 1 rings (SSSR count). The molecule has 514 valence electrons. The number of hydrogen-bond donors (Lipinski definition) is 6. The van der Waals surface area contributed by atoms with E-state index in [9.17, 15) is 30.3 Å². The lowest BCUT2D eigenvalue weighted by Crippen LogP contribution is -2.60. The highest BCUT2D eigenvalue weighted by Gasteiger charge is 2.44. The molecule has 9 heteroatoms. The standard InChI is InChI=1S/C80H141NO8/c1-3-5-7-9-11-13-15-17-19-21-23-25-27-29-31-33-34-35-36-37-38-39-40-42-44-46-48-50-52-54-56-58-60-62-64-66-68-70-76(84)81-73(72-88-80-79(87)78(86)77(85)75(71-82)89-80)74(83)69-67-65-63-61-59-57-55-53-51-49-47-45-43-41-32-30-28-26-24-22-20-18-16-14-12-10-8-6-4-2/h5,7,11,13,17,19,23,25,29,31,34-35,37-38,40,42,46,48,73-75,77-80,82-83,85-87H,3-4,6,8-10,12,14-16,18,20-22,24,26-28,30,32-33,36,39,41,43-45,47,49-72H2,1-2H3,(H,81,84)/b7-5-,13-11-,19-17-,25-23-,31-29-,35-34-,38-37-,42-40-,48-46-. The molecule has 0 spiro atoms. The molecule has 0 radical (unpaired) electrons. The number of ether oxygens (including phenoxy) is 2. The molecule has 1 heterocycles. The van der Waals surface area contributed by atoms with Crippen LogP contribution < -0.4 is 5.32 Å². The lowest BCUT2D eigenvalue weighted by Gasteiger charge is -2.40. The van der Waals surface area contributed by atoms with Crippen molar-refractivity contribution in [2.75, 3.05) is 13.2 Å². The number of unbranched alkanes of at least 4 members (excludes halogenated alkanes) is 37. The fourth-order valence-electron chi connectivity index (χ4n) is 11.6. The molecule has 1 aliphatic rings. The van der Waals surface area contributed by atoms with Gasteiger partial charge in [-0.15, -0.1) is 0 Å². The summed E-state index contributed by atoms with van der Waals surface area (Å²) in [4.78, 5) is 13.2. The first-order chi connectivity index (χ1) is 43.8. The molecule has 1 saturated heterocycles. The maximum absolute atomic E-state index is 13.2.